The van der Waals surface area contributed by atoms with Crippen LogP contribution in [-0.2, 0) is 11.4 Å². The van der Waals surface area contributed by atoms with Gasteiger partial charge in [0.25, 0.3) is 11.5 Å². The Hall–Kier alpha value is -4.66. The van der Waals surface area contributed by atoms with Crippen LogP contribution in [0.4, 0.5) is 0 Å². The Kier molecular flexibility index (Phi) is 10.1. The third-order valence-corrected chi connectivity index (χ3v) is 9.29. The van der Waals surface area contributed by atoms with Crippen LogP contribution in [0.15, 0.2) is 86.2 Å². The molecule has 0 bridgehead atoms. The van der Waals surface area contributed by atoms with E-state index in [1.807, 2.05) is 50.2 Å². The van der Waals surface area contributed by atoms with Crippen molar-refractivity contribution in [2.75, 3.05) is 27.3 Å². The maximum absolute atomic E-state index is 14.4. The molecular formula is C35H33BrN4O5S. The SMILES string of the molecule is CCN(CC)C(=O)C1=C(C)N=c2s/c(=C/c3cc(Br)ccc3OCc3ccccc3C#N)c(=O)n2[C@@H]1c1cc(OC)ccc1OC. The molecular weight excluding hydrogens is 668 g/mol. The third kappa shape index (κ3) is 6.36. The number of fused-ring (bicyclic) bond motifs is 1. The van der Waals surface area contributed by atoms with Crippen molar-refractivity contribution in [2.24, 2.45) is 4.99 Å². The molecule has 0 aliphatic carbocycles. The first-order valence-corrected chi connectivity index (χ1v) is 16.3. The Bertz CT molecular complexity index is 2060. The molecule has 1 aromatic heterocycles. The van der Waals surface area contributed by atoms with Crippen LogP contribution in [0, 0.1) is 11.3 Å². The highest BCUT2D eigenvalue weighted by atomic mass is 79.9. The van der Waals surface area contributed by atoms with E-state index in [2.05, 4.69) is 22.0 Å². The summed E-state index contributed by atoms with van der Waals surface area (Å²) in [4.78, 5) is 35.4. The summed E-state index contributed by atoms with van der Waals surface area (Å²) in [7, 11) is 3.12. The van der Waals surface area contributed by atoms with E-state index in [9.17, 15) is 14.9 Å². The molecule has 0 saturated carbocycles. The zero-order valence-electron chi connectivity index (χ0n) is 26.2. The highest BCUT2D eigenvalue weighted by Crippen LogP contribution is 2.38. The van der Waals surface area contributed by atoms with Gasteiger partial charge in [-0.05, 0) is 69.3 Å². The van der Waals surface area contributed by atoms with E-state index >= 15 is 0 Å². The fourth-order valence-corrected chi connectivity index (χ4v) is 6.86. The molecule has 11 heteroatoms. The first-order chi connectivity index (χ1) is 22.2. The zero-order valence-corrected chi connectivity index (χ0v) is 28.6. The molecule has 2 heterocycles. The summed E-state index contributed by atoms with van der Waals surface area (Å²) in [6, 6.07) is 19.5. The van der Waals surface area contributed by atoms with Crippen molar-refractivity contribution >= 4 is 39.2 Å². The number of thiazole rings is 1. The van der Waals surface area contributed by atoms with E-state index in [-0.39, 0.29) is 18.1 Å². The van der Waals surface area contributed by atoms with E-state index in [4.69, 9.17) is 19.2 Å². The van der Waals surface area contributed by atoms with Gasteiger partial charge in [0.15, 0.2) is 4.80 Å². The second-order valence-electron chi connectivity index (χ2n) is 10.4. The van der Waals surface area contributed by atoms with Crippen molar-refractivity contribution in [2.45, 2.75) is 33.4 Å². The largest absolute Gasteiger partial charge is 0.497 e. The molecule has 0 saturated heterocycles. The average molecular weight is 702 g/mol. The zero-order chi connectivity index (χ0) is 33.0. The number of rotatable bonds is 10. The van der Waals surface area contributed by atoms with Gasteiger partial charge in [-0.3, -0.25) is 14.2 Å². The summed E-state index contributed by atoms with van der Waals surface area (Å²) < 4.78 is 20.2. The van der Waals surface area contributed by atoms with Crippen LogP contribution < -0.4 is 29.1 Å². The van der Waals surface area contributed by atoms with E-state index in [1.165, 1.54) is 11.3 Å². The summed E-state index contributed by atoms with van der Waals surface area (Å²) >= 11 is 4.78. The van der Waals surface area contributed by atoms with Crippen molar-refractivity contribution in [3.8, 4) is 23.3 Å². The molecule has 46 heavy (non-hydrogen) atoms. The van der Waals surface area contributed by atoms with Gasteiger partial charge in [-0.1, -0.05) is 45.5 Å². The summed E-state index contributed by atoms with van der Waals surface area (Å²) in [6.45, 7) is 6.83. The number of carbonyl (C=O) groups excluding carboxylic acids is 1. The number of benzene rings is 3. The molecule has 0 spiro atoms. The molecule has 1 aliphatic heterocycles. The molecule has 0 unspecified atom stereocenters. The van der Waals surface area contributed by atoms with E-state index in [1.54, 1.807) is 61.0 Å². The van der Waals surface area contributed by atoms with Crippen molar-refractivity contribution in [3.05, 3.63) is 118 Å². The number of hydrogen-bond donors (Lipinski definition) is 0. The number of halogens is 1. The van der Waals surface area contributed by atoms with Gasteiger partial charge < -0.3 is 19.1 Å². The van der Waals surface area contributed by atoms with Crippen molar-refractivity contribution in [1.82, 2.24) is 9.47 Å². The lowest BCUT2D eigenvalue weighted by molar-refractivity contribution is -0.127. The molecule has 4 aromatic rings. The molecule has 9 nitrogen and oxygen atoms in total. The van der Waals surface area contributed by atoms with Crippen LogP contribution >= 0.6 is 27.3 Å². The van der Waals surface area contributed by atoms with Gasteiger partial charge in [0.1, 0.15) is 29.9 Å². The van der Waals surface area contributed by atoms with Crippen LogP contribution in [0.3, 0.4) is 0 Å². The van der Waals surface area contributed by atoms with Gasteiger partial charge in [-0.15, -0.1) is 0 Å². The van der Waals surface area contributed by atoms with Crippen LogP contribution in [0.2, 0.25) is 0 Å². The Morgan fingerprint density at radius 2 is 1.83 bits per heavy atom. The van der Waals surface area contributed by atoms with Gasteiger partial charge in [0, 0.05) is 34.3 Å². The monoisotopic (exact) mass is 700 g/mol. The van der Waals surface area contributed by atoms with Gasteiger partial charge >= 0.3 is 0 Å². The minimum absolute atomic E-state index is 0.180. The summed E-state index contributed by atoms with van der Waals surface area (Å²) in [6.07, 6.45) is 1.77. The smallest absolute Gasteiger partial charge is 0.271 e. The second kappa shape index (κ2) is 14.2. The Morgan fingerprint density at radius 3 is 2.52 bits per heavy atom. The quantitative estimate of drug-likeness (QED) is 0.221. The predicted octanol–water partition coefficient (Wildman–Crippen LogP) is 5.33. The molecule has 1 amide bonds. The number of nitrogens with zero attached hydrogens (tertiary/aromatic N) is 4. The lowest BCUT2D eigenvalue weighted by Gasteiger charge is -2.30. The minimum atomic E-state index is -0.808. The van der Waals surface area contributed by atoms with Gasteiger partial charge in [0.05, 0.1) is 41.7 Å². The fraction of sp³-hybridized carbons (Fsp3) is 0.257. The Balaban J connectivity index is 1.69. The lowest BCUT2D eigenvalue weighted by Crippen LogP contribution is -2.43. The van der Waals surface area contributed by atoms with Crippen LogP contribution in [0.1, 0.15) is 49.1 Å². The highest BCUT2D eigenvalue weighted by molar-refractivity contribution is 9.10. The number of nitriles is 1. The molecule has 0 N–H and O–H groups in total. The van der Waals surface area contributed by atoms with E-state index in [0.29, 0.717) is 67.6 Å². The predicted molar refractivity (Wildman–Crippen MR) is 181 cm³/mol. The molecule has 0 radical (unpaired) electrons. The molecule has 0 fully saturated rings. The average Bonchev–Trinajstić information content (AvgIpc) is 3.37. The number of methoxy groups -OCH3 is 2. The van der Waals surface area contributed by atoms with Crippen LogP contribution in [0.25, 0.3) is 6.08 Å². The number of aromatic nitrogens is 1. The maximum Gasteiger partial charge on any atom is 0.271 e. The number of hydrogen-bond acceptors (Lipinski definition) is 8. The second-order valence-corrected chi connectivity index (χ2v) is 12.3. The number of ether oxygens (including phenoxy) is 3. The molecule has 3 aromatic carbocycles. The Morgan fingerprint density at radius 1 is 1.09 bits per heavy atom. The first kappa shape index (κ1) is 32.7. The topological polar surface area (TPSA) is 106 Å². The summed E-state index contributed by atoms with van der Waals surface area (Å²) in [5, 5.41) is 9.50. The fourth-order valence-electron chi connectivity index (χ4n) is 5.44. The van der Waals surface area contributed by atoms with Crippen LogP contribution in [0.5, 0.6) is 17.2 Å². The molecule has 1 atom stereocenters. The number of amides is 1. The standard InChI is InChI=1S/C35H33BrN4O5S/c1-6-39(7-2)34(42)31-21(3)38-35-40(32(31)27-18-26(43-4)13-15-29(27)44-5)33(41)30(46-35)17-24-16-25(36)12-14-28(24)45-20-23-11-9-8-10-22(23)19-37/h8-18,32H,6-7,20H2,1-5H3/b30-17+/t32-/m1/s1. The number of allylic oxidation sites excluding steroid dienone is 1. The molecule has 5 rings (SSSR count). The maximum atomic E-state index is 14.4. The summed E-state index contributed by atoms with van der Waals surface area (Å²) in [5.74, 6) is 1.42. The van der Waals surface area contributed by atoms with Gasteiger partial charge in [0.2, 0.25) is 0 Å². The van der Waals surface area contributed by atoms with Gasteiger partial charge in [-0.25, -0.2) is 4.99 Å². The van der Waals surface area contributed by atoms with Crippen molar-refractivity contribution < 1.29 is 19.0 Å². The summed E-state index contributed by atoms with van der Waals surface area (Å²) in [5.41, 5.74) is 3.19. The number of carbonyl (C=O) groups is 1. The minimum Gasteiger partial charge on any atom is -0.497 e. The van der Waals surface area contributed by atoms with Crippen molar-refractivity contribution in [1.29, 1.82) is 5.26 Å². The lowest BCUT2D eigenvalue weighted by atomic mass is 9.93. The molecule has 236 valence electrons. The first-order valence-electron chi connectivity index (χ1n) is 14.7. The number of likely N-dealkylation sites (N-methyl/N-ethyl adjacent to an activating group) is 1. The van der Waals surface area contributed by atoms with Gasteiger partial charge in [-0.2, -0.15) is 5.26 Å². The van der Waals surface area contributed by atoms with E-state index < -0.39 is 6.04 Å². The van der Waals surface area contributed by atoms with Crippen LogP contribution in [-0.4, -0.2) is 42.7 Å². The normalized spacial score (nSPS) is 14.3. The molecule has 1 aliphatic rings. The van der Waals surface area contributed by atoms with E-state index in [0.717, 1.165) is 10.0 Å². The Labute approximate surface area is 279 Å². The van der Waals surface area contributed by atoms with Crippen molar-refractivity contribution in [3.63, 3.8) is 0 Å². The highest BCUT2D eigenvalue weighted by Gasteiger charge is 2.36. The third-order valence-electron chi connectivity index (χ3n) is 7.81.